The van der Waals surface area contributed by atoms with Crippen molar-refractivity contribution in [2.24, 2.45) is 0 Å². The van der Waals surface area contributed by atoms with Gasteiger partial charge in [0.1, 0.15) is 0 Å². The lowest BCUT2D eigenvalue weighted by atomic mass is 10.1. The predicted molar refractivity (Wildman–Crippen MR) is 57.8 cm³/mol. The van der Waals surface area contributed by atoms with E-state index in [1.54, 1.807) is 0 Å². The third-order valence-electron chi connectivity index (χ3n) is 3.44. The number of carbonyl (C=O) groups excluding carboxylic acids is 1. The fourth-order valence-corrected chi connectivity index (χ4v) is 2.65. The molecule has 0 spiro atoms. The number of rotatable bonds is 1. The highest BCUT2D eigenvalue weighted by Gasteiger charge is 2.36. The van der Waals surface area contributed by atoms with Crippen LogP contribution in [0.2, 0.25) is 0 Å². The van der Waals surface area contributed by atoms with Crippen molar-refractivity contribution in [3.63, 3.8) is 0 Å². The summed E-state index contributed by atoms with van der Waals surface area (Å²) in [5, 5.41) is 0. The maximum atomic E-state index is 11.7. The third-order valence-corrected chi connectivity index (χ3v) is 3.44. The molecular weight excluding hydrogens is 192 g/mol. The average molecular weight is 212 g/mol. The summed E-state index contributed by atoms with van der Waals surface area (Å²) in [6, 6.07) is 0.865. The van der Waals surface area contributed by atoms with Gasteiger partial charge in [-0.2, -0.15) is 0 Å². The average Bonchev–Trinajstić information content (AvgIpc) is 2.63. The Morgan fingerprint density at radius 2 is 2.27 bits per heavy atom. The molecule has 0 aromatic carbocycles. The maximum absolute atomic E-state index is 11.7. The van der Waals surface area contributed by atoms with Crippen molar-refractivity contribution >= 4 is 6.09 Å². The number of hydrogen-bond donors (Lipinski definition) is 0. The van der Waals surface area contributed by atoms with E-state index in [0.717, 1.165) is 13.1 Å². The molecule has 2 aliphatic heterocycles. The number of ether oxygens (including phenoxy) is 1. The van der Waals surface area contributed by atoms with Gasteiger partial charge < -0.3 is 9.64 Å². The number of amides is 1. The van der Waals surface area contributed by atoms with Crippen molar-refractivity contribution in [1.29, 1.82) is 0 Å². The van der Waals surface area contributed by atoms with E-state index in [2.05, 4.69) is 11.8 Å². The summed E-state index contributed by atoms with van der Waals surface area (Å²) in [6.07, 6.45) is 2.35. The molecule has 4 nitrogen and oxygen atoms in total. The van der Waals surface area contributed by atoms with Gasteiger partial charge in [-0.1, -0.05) is 0 Å². The Labute approximate surface area is 91.2 Å². The molecule has 2 saturated heterocycles. The zero-order valence-corrected chi connectivity index (χ0v) is 9.61. The fourth-order valence-electron chi connectivity index (χ4n) is 2.65. The Balaban J connectivity index is 1.97. The molecule has 1 amide bonds. The standard InChI is InChI=1S/C11H20N2O2/c1-3-15-11(14)13-8-10-5-4-6-12(10)7-9(13)2/h9-10H,3-8H2,1-2H3. The molecule has 2 rings (SSSR count). The third kappa shape index (κ3) is 2.09. The summed E-state index contributed by atoms with van der Waals surface area (Å²) < 4.78 is 5.07. The number of carbonyl (C=O) groups is 1. The Morgan fingerprint density at radius 1 is 1.47 bits per heavy atom. The molecule has 0 saturated carbocycles. The summed E-state index contributed by atoms with van der Waals surface area (Å²) in [7, 11) is 0. The first-order valence-corrected chi connectivity index (χ1v) is 5.89. The van der Waals surface area contributed by atoms with Crippen LogP contribution in [0.15, 0.2) is 0 Å². The van der Waals surface area contributed by atoms with Crippen molar-refractivity contribution in [3.8, 4) is 0 Å². The first-order valence-electron chi connectivity index (χ1n) is 5.89. The van der Waals surface area contributed by atoms with Gasteiger partial charge in [0.05, 0.1) is 6.61 Å². The maximum Gasteiger partial charge on any atom is 0.410 e. The zero-order chi connectivity index (χ0) is 10.8. The van der Waals surface area contributed by atoms with E-state index in [0.29, 0.717) is 18.7 Å². The quantitative estimate of drug-likeness (QED) is 0.657. The van der Waals surface area contributed by atoms with Crippen molar-refractivity contribution in [2.45, 2.75) is 38.8 Å². The van der Waals surface area contributed by atoms with Gasteiger partial charge in [0.2, 0.25) is 0 Å². The second-order valence-electron chi connectivity index (χ2n) is 4.49. The fraction of sp³-hybridized carbons (Fsp3) is 0.909. The molecule has 0 radical (unpaired) electrons. The Morgan fingerprint density at radius 3 is 3.00 bits per heavy atom. The zero-order valence-electron chi connectivity index (χ0n) is 9.61. The molecule has 4 heteroatoms. The molecule has 0 aromatic heterocycles. The minimum absolute atomic E-state index is 0.142. The normalized spacial score (nSPS) is 31.5. The molecule has 86 valence electrons. The molecule has 2 aliphatic rings. The molecule has 2 heterocycles. The summed E-state index contributed by atoms with van der Waals surface area (Å²) in [4.78, 5) is 16.1. The lowest BCUT2D eigenvalue weighted by Gasteiger charge is -2.41. The van der Waals surface area contributed by atoms with Gasteiger partial charge in [0, 0.05) is 25.2 Å². The van der Waals surface area contributed by atoms with Crippen LogP contribution in [0.4, 0.5) is 4.79 Å². The van der Waals surface area contributed by atoms with Crippen molar-refractivity contribution < 1.29 is 9.53 Å². The largest absolute Gasteiger partial charge is 0.450 e. The van der Waals surface area contributed by atoms with E-state index >= 15 is 0 Å². The van der Waals surface area contributed by atoms with E-state index in [1.807, 2.05) is 11.8 Å². The highest BCUT2D eigenvalue weighted by molar-refractivity contribution is 5.68. The van der Waals surface area contributed by atoms with Crippen molar-refractivity contribution in [3.05, 3.63) is 0 Å². The predicted octanol–water partition coefficient (Wildman–Crippen LogP) is 1.31. The molecule has 2 atom stereocenters. The Hall–Kier alpha value is -0.770. The van der Waals surface area contributed by atoms with Crippen LogP contribution in [0.5, 0.6) is 0 Å². The van der Waals surface area contributed by atoms with E-state index in [1.165, 1.54) is 19.4 Å². The van der Waals surface area contributed by atoms with Crippen LogP contribution in [-0.2, 0) is 4.74 Å². The summed E-state index contributed by atoms with van der Waals surface area (Å²) in [6.45, 7) is 7.48. The van der Waals surface area contributed by atoms with Gasteiger partial charge in [-0.25, -0.2) is 4.79 Å². The molecule has 2 unspecified atom stereocenters. The molecule has 2 fully saturated rings. The van der Waals surface area contributed by atoms with Crippen molar-refractivity contribution in [2.75, 3.05) is 26.2 Å². The molecule has 15 heavy (non-hydrogen) atoms. The molecule has 0 aliphatic carbocycles. The van der Waals surface area contributed by atoms with Crippen LogP contribution in [0.3, 0.4) is 0 Å². The molecule has 0 N–H and O–H groups in total. The Kier molecular flexibility index (Phi) is 3.14. The second kappa shape index (κ2) is 4.39. The highest BCUT2D eigenvalue weighted by atomic mass is 16.6. The van der Waals surface area contributed by atoms with Crippen LogP contribution < -0.4 is 0 Å². The summed E-state index contributed by atoms with van der Waals surface area (Å²) >= 11 is 0. The van der Waals surface area contributed by atoms with Gasteiger partial charge in [0.15, 0.2) is 0 Å². The highest BCUT2D eigenvalue weighted by Crippen LogP contribution is 2.24. The monoisotopic (exact) mass is 212 g/mol. The number of nitrogens with zero attached hydrogens (tertiary/aromatic N) is 2. The molecule has 0 bridgehead atoms. The van der Waals surface area contributed by atoms with E-state index in [9.17, 15) is 4.79 Å². The number of hydrogen-bond acceptors (Lipinski definition) is 3. The van der Waals surface area contributed by atoms with Crippen LogP contribution in [0, 0.1) is 0 Å². The lowest BCUT2D eigenvalue weighted by Crippen LogP contribution is -2.56. The summed E-state index contributed by atoms with van der Waals surface area (Å²) in [5.74, 6) is 0. The van der Waals surface area contributed by atoms with E-state index in [-0.39, 0.29) is 6.09 Å². The number of fused-ring (bicyclic) bond motifs is 1. The molecule has 0 aromatic rings. The van der Waals surface area contributed by atoms with Gasteiger partial charge in [-0.15, -0.1) is 0 Å². The SMILES string of the molecule is CCOC(=O)N1CC2CCCN2CC1C. The number of piperazine rings is 1. The topological polar surface area (TPSA) is 32.8 Å². The lowest BCUT2D eigenvalue weighted by molar-refractivity contribution is 0.0403. The first-order chi connectivity index (χ1) is 7.22. The van der Waals surface area contributed by atoms with E-state index < -0.39 is 0 Å². The van der Waals surface area contributed by atoms with Crippen LogP contribution >= 0.6 is 0 Å². The van der Waals surface area contributed by atoms with Gasteiger partial charge in [-0.05, 0) is 33.2 Å². The van der Waals surface area contributed by atoms with E-state index in [4.69, 9.17) is 4.74 Å². The minimum atomic E-state index is -0.142. The van der Waals surface area contributed by atoms with Gasteiger partial charge in [-0.3, -0.25) is 4.90 Å². The first kappa shape index (κ1) is 10.7. The van der Waals surface area contributed by atoms with Crippen LogP contribution in [0.1, 0.15) is 26.7 Å². The smallest absolute Gasteiger partial charge is 0.410 e. The second-order valence-corrected chi connectivity index (χ2v) is 4.49. The van der Waals surface area contributed by atoms with Gasteiger partial charge >= 0.3 is 6.09 Å². The van der Waals surface area contributed by atoms with Crippen LogP contribution in [0.25, 0.3) is 0 Å². The molecular formula is C11H20N2O2. The van der Waals surface area contributed by atoms with Gasteiger partial charge in [0.25, 0.3) is 0 Å². The summed E-state index contributed by atoms with van der Waals surface area (Å²) in [5.41, 5.74) is 0. The van der Waals surface area contributed by atoms with Crippen LogP contribution in [-0.4, -0.2) is 54.2 Å². The Bertz CT molecular complexity index is 245. The minimum Gasteiger partial charge on any atom is -0.450 e. The van der Waals surface area contributed by atoms with Crippen molar-refractivity contribution in [1.82, 2.24) is 9.80 Å².